The normalized spacial score (nSPS) is 11.2. The standard InChI is InChI=1S/C14H15FN2O3/c1-3-5-12(13(18)19)16-14(20)17(4-2)11-8-6-10(15)7-9-11/h1,6-9,12H,4-5H2,2H3,(H,16,20)(H,18,19). The lowest BCUT2D eigenvalue weighted by molar-refractivity contribution is -0.139. The van der Waals surface area contributed by atoms with Gasteiger partial charge in [-0.25, -0.2) is 14.0 Å². The molecule has 0 heterocycles. The Morgan fingerprint density at radius 3 is 2.50 bits per heavy atom. The Labute approximate surface area is 116 Å². The first kappa shape index (κ1) is 15.5. The summed E-state index contributed by atoms with van der Waals surface area (Å²) < 4.78 is 12.9. The van der Waals surface area contributed by atoms with E-state index in [4.69, 9.17) is 11.5 Å². The van der Waals surface area contributed by atoms with E-state index in [0.717, 1.165) is 0 Å². The number of benzene rings is 1. The van der Waals surface area contributed by atoms with E-state index in [1.807, 2.05) is 0 Å². The molecule has 0 radical (unpaired) electrons. The van der Waals surface area contributed by atoms with Gasteiger partial charge < -0.3 is 10.4 Å². The van der Waals surface area contributed by atoms with Gasteiger partial charge in [0.15, 0.2) is 0 Å². The number of nitrogens with zero attached hydrogens (tertiary/aromatic N) is 1. The zero-order valence-corrected chi connectivity index (χ0v) is 11.0. The highest BCUT2D eigenvalue weighted by molar-refractivity contribution is 5.94. The number of terminal acetylenes is 1. The molecule has 1 rings (SSSR count). The molecule has 0 spiro atoms. The van der Waals surface area contributed by atoms with Crippen LogP contribution in [0.1, 0.15) is 13.3 Å². The van der Waals surface area contributed by atoms with Crippen molar-refractivity contribution >= 4 is 17.7 Å². The Morgan fingerprint density at radius 2 is 2.05 bits per heavy atom. The van der Waals surface area contributed by atoms with Gasteiger partial charge in [-0.3, -0.25) is 4.90 Å². The van der Waals surface area contributed by atoms with Crippen LogP contribution in [0.5, 0.6) is 0 Å². The SMILES string of the molecule is C#CCC(NC(=O)N(CC)c1ccc(F)cc1)C(=O)O. The predicted molar refractivity (Wildman–Crippen MR) is 72.8 cm³/mol. The number of carboxylic acid groups (broad SMARTS) is 1. The van der Waals surface area contributed by atoms with E-state index in [1.54, 1.807) is 6.92 Å². The summed E-state index contributed by atoms with van der Waals surface area (Å²) in [5.74, 6) is 0.577. The molecule has 0 saturated heterocycles. The highest BCUT2D eigenvalue weighted by atomic mass is 19.1. The second kappa shape index (κ2) is 7.14. The fourth-order valence-corrected chi connectivity index (χ4v) is 1.61. The second-order valence-electron chi connectivity index (χ2n) is 3.97. The molecule has 0 aromatic heterocycles. The van der Waals surface area contributed by atoms with Gasteiger partial charge in [-0.1, -0.05) is 0 Å². The van der Waals surface area contributed by atoms with Gasteiger partial charge in [0.1, 0.15) is 11.9 Å². The number of halogens is 1. The van der Waals surface area contributed by atoms with Crippen molar-refractivity contribution in [3.05, 3.63) is 30.1 Å². The van der Waals surface area contributed by atoms with Crippen molar-refractivity contribution in [1.29, 1.82) is 0 Å². The topological polar surface area (TPSA) is 69.6 Å². The summed E-state index contributed by atoms with van der Waals surface area (Å²) in [4.78, 5) is 24.3. The van der Waals surface area contributed by atoms with Crippen LogP contribution < -0.4 is 10.2 Å². The molecule has 106 valence electrons. The number of carbonyl (C=O) groups excluding carboxylic acids is 1. The van der Waals surface area contributed by atoms with E-state index in [1.165, 1.54) is 29.2 Å². The summed E-state index contributed by atoms with van der Waals surface area (Å²) in [7, 11) is 0. The van der Waals surface area contributed by atoms with Gasteiger partial charge in [-0.2, -0.15) is 0 Å². The Balaban J connectivity index is 2.84. The Kier molecular flexibility index (Phi) is 5.54. The first-order chi connectivity index (χ1) is 9.49. The van der Waals surface area contributed by atoms with E-state index in [0.29, 0.717) is 12.2 Å². The molecule has 0 saturated carbocycles. The Morgan fingerprint density at radius 1 is 1.45 bits per heavy atom. The molecular formula is C14H15FN2O3. The van der Waals surface area contributed by atoms with Crippen molar-refractivity contribution < 1.29 is 19.1 Å². The zero-order chi connectivity index (χ0) is 15.1. The Hall–Kier alpha value is -2.55. The predicted octanol–water partition coefficient (Wildman–Crippen LogP) is 1.84. The van der Waals surface area contributed by atoms with E-state index in [9.17, 15) is 14.0 Å². The van der Waals surface area contributed by atoms with Crippen LogP contribution in [0.2, 0.25) is 0 Å². The smallest absolute Gasteiger partial charge is 0.327 e. The fraction of sp³-hybridized carbons (Fsp3) is 0.286. The van der Waals surface area contributed by atoms with Crippen molar-refractivity contribution in [2.75, 3.05) is 11.4 Å². The Bertz CT molecular complexity index is 522. The number of anilines is 1. The maximum absolute atomic E-state index is 12.9. The fourth-order valence-electron chi connectivity index (χ4n) is 1.61. The van der Waals surface area contributed by atoms with E-state index < -0.39 is 23.9 Å². The van der Waals surface area contributed by atoms with Gasteiger partial charge >= 0.3 is 12.0 Å². The van der Waals surface area contributed by atoms with Crippen molar-refractivity contribution in [1.82, 2.24) is 5.32 Å². The van der Waals surface area contributed by atoms with Gasteiger partial charge in [0.05, 0.1) is 0 Å². The highest BCUT2D eigenvalue weighted by Crippen LogP contribution is 2.15. The first-order valence-electron chi connectivity index (χ1n) is 5.99. The molecule has 2 N–H and O–H groups in total. The van der Waals surface area contributed by atoms with Gasteiger partial charge in [0.2, 0.25) is 0 Å². The quantitative estimate of drug-likeness (QED) is 0.807. The molecule has 20 heavy (non-hydrogen) atoms. The minimum absolute atomic E-state index is 0.109. The number of carboxylic acids is 1. The minimum atomic E-state index is -1.20. The minimum Gasteiger partial charge on any atom is -0.480 e. The molecule has 1 atom stereocenters. The van der Waals surface area contributed by atoms with Gasteiger partial charge in [0, 0.05) is 18.7 Å². The van der Waals surface area contributed by atoms with Crippen LogP contribution in [0.15, 0.2) is 24.3 Å². The third-order valence-corrected chi connectivity index (χ3v) is 2.62. The lowest BCUT2D eigenvalue weighted by Gasteiger charge is -2.23. The molecule has 0 fully saturated rings. The lowest BCUT2D eigenvalue weighted by Crippen LogP contribution is -2.48. The molecule has 0 aliphatic heterocycles. The molecule has 1 unspecified atom stereocenters. The molecule has 0 aliphatic rings. The van der Waals surface area contributed by atoms with Crippen LogP contribution in [-0.2, 0) is 4.79 Å². The second-order valence-corrected chi connectivity index (χ2v) is 3.97. The van der Waals surface area contributed by atoms with Crippen LogP contribution in [0.3, 0.4) is 0 Å². The van der Waals surface area contributed by atoms with Crippen LogP contribution in [0.4, 0.5) is 14.9 Å². The lowest BCUT2D eigenvalue weighted by atomic mass is 10.2. The molecule has 6 heteroatoms. The van der Waals surface area contributed by atoms with Gasteiger partial charge in [0.25, 0.3) is 0 Å². The number of urea groups is 1. The van der Waals surface area contributed by atoms with Gasteiger partial charge in [-0.05, 0) is 31.2 Å². The molecule has 1 aromatic carbocycles. The molecule has 5 nitrogen and oxygen atoms in total. The summed E-state index contributed by atoms with van der Waals surface area (Å²) in [6, 6.07) is 3.58. The highest BCUT2D eigenvalue weighted by Gasteiger charge is 2.22. The van der Waals surface area contributed by atoms with E-state index in [2.05, 4.69) is 11.2 Å². The zero-order valence-electron chi connectivity index (χ0n) is 11.0. The van der Waals surface area contributed by atoms with Crippen LogP contribution in [0.25, 0.3) is 0 Å². The first-order valence-corrected chi connectivity index (χ1v) is 5.99. The number of hydrogen-bond donors (Lipinski definition) is 2. The largest absolute Gasteiger partial charge is 0.480 e. The summed E-state index contributed by atoms with van der Waals surface area (Å²) in [5, 5.41) is 11.3. The maximum atomic E-state index is 12.9. The number of rotatable bonds is 5. The van der Waals surface area contributed by atoms with Crippen LogP contribution in [0, 0.1) is 18.2 Å². The summed E-state index contributed by atoms with van der Waals surface area (Å²) in [5.41, 5.74) is 0.469. The molecule has 0 aliphatic carbocycles. The number of amides is 2. The summed E-state index contributed by atoms with van der Waals surface area (Å²) in [6.07, 6.45) is 4.95. The monoisotopic (exact) mass is 278 g/mol. The molecular weight excluding hydrogens is 263 g/mol. The van der Waals surface area contributed by atoms with E-state index in [-0.39, 0.29) is 6.42 Å². The van der Waals surface area contributed by atoms with Crippen molar-refractivity contribution in [2.45, 2.75) is 19.4 Å². The van der Waals surface area contributed by atoms with Crippen molar-refractivity contribution in [3.63, 3.8) is 0 Å². The number of nitrogens with one attached hydrogen (secondary N) is 1. The van der Waals surface area contributed by atoms with Crippen LogP contribution in [-0.4, -0.2) is 29.7 Å². The maximum Gasteiger partial charge on any atom is 0.327 e. The van der Waals surface area contributed by atoms with Crippen molar-refractivity contribution in [3.8, 4) is 12.3 Å². The van der Waals surface area contributed by atoms with Gasteiger partial charge in [-0.15, -0.1) is 12.3 Å². The van der Waals surface area contributed by atoms with E-state index >= 15 is 0 Å². The average Bonchev–Trinajstić information content (AvgIpc) is 2.41. The molecule has 0 bridgehead atoms. The summed E-state index contributed by atoms with van der Waals surface area (Å²) >= 11 is 0. The number of hydrogen-bond acceptors (Lipinski definition) is 2. The van der Waals surface area contributed by atoms with Crippen LogP contribution >= 0.6 is 0 Å². The number of aliphatic carboxylic acids is 1. The van der Waals surface area contributed by atoms with Crippen molar-refractivity contribution in [2.24, 2.45) is 0 Å². The summed E-state index contributed by atoms with van der Waals surface area (Å²) in [6.45, 7) is 2.03. The average molecular weight is 278 g/mol. The molecule has 1 aromatic rings. The third-order valence-electron chi connectivity index (χ3n) is 2.62. The third kappa shape index (κ3) is 3.99. The molecule has 2 amide bonds. The number of carbonyl (C=O) groups is 2.